The van der Waals surface area contributed by atoms with Gasteiger partial charge in [0, 0.05) is 11.6 Å². The summed E-state index contributed by atoms with van der Waals surface area (Å²) in [6.07, 6.45) is 4.41. The molecule has 1 atom stereocenters. The number of hydrogen-bond donors (Lipinski definition) is 2. The third-order valence-corrected chi connectivity index (χ3v) is 3.26. The topological polar surface area (TPSA) is 69.6 Å². The Morgan fingerprint density at radius 1 is 1.20 bits per heavy atom. The van der Waals surface area contributed by atoms with Crippen LogP contribution < -0.4 is 5.32 Å². The minimum Gasteiger partial charge on any atom is -0.480 e. The molecule has 0 fully saturated rings. The second kappa shape index (κ2) is 8.95. The van der Waals surface area contributed by atoms with Crippen LogP contribution in [0.4, 0.5) is 0 Å². The monoisotopic (exact) mass is 286 g/mol. The molecule has 2 N–H and O–H groups in total. The van der Waals surface area contributed by atoms with Gasteiger partial charge in [0.1, 0.15) is 0 Å². The highest BCUT2D eigenvalue weighted by atomic mass is 16.4. The molecule has 0 aromatic carbocycles. The summed E-state index contributed by atoms with van der Waals surface area (Å²) in [4.78, 5) is 24.5. The van der Waals surface area contributed by atoms with Crippen LogP contribution in [0.1, 0.15) is 60.3 Å². The van der Waals surface area contributed by atoms with E-state index in [0.717, 1.165) is 19.3 Å². The lowest BCUT2D eigenvalue weighted by molar-refractivity contribution is -0.140. The zero-order valence-corrected chi connectivity index (χ0v) is 13.5. The Hall–Kier alpha value is -1.10. The lowest BCUT2D eigenvalue weighted by Crippen LogP contribution is -2.50. The van der Waals surface area contributed by atoms with Gasteiger partial charge in [-0.3, -0.25) is 14.5 Å². The molecular formula is C15H30N2O3. The fourth-order valence-corrected chi connectivity index (χ4v) is 1.96. The fourth-order valence-electron chi connectivity index (χ4n) is 1.96. The third kappa shape index (κ3) is 8.91. The average molecular weight is 286 g/mol. The zero-order valence-electron chi connectivity index (χ0n) is 13.5. The van der Waals surface area contributed by atoms with E-state index in [9.17, 15) is 9.59 Å². The van der Waals surface area contributed by atoms with Gasteiger partial charge in [-0.1, -0.05) is 26.2 Å². The highest BCUT2D eigenvalue weighted by molar-refractivity contribution is 5.79. The summed E-state index contributed by atoms with van der Waals surface area (Å²) in [7, 11) is 0. The van der Waals surface area contributed by atoms with E-state index >= 15 is 0 Å². The molecule has 0 rings (SSSR count). The van der Waals surface area contributed by atoms with Crippen LogP contribution in [-0.2, 0) is 9.59 Å². The van der Waals surface area contributed by atoms with E-state index in [1.165, 1.54) is 6.42 Å². The van der Waals surface area contributed by atoms with E-state index in [0.29, 0.717) is 0 Å². The molecule has 0 heterocycles. The molecule has 0 saturated heterocycles. The number of nitrogens with zero attached hydrogens (tertiary/aromatic N) is 1. The van der Waals surface area contributed by atoms with Crippen LogP contribution in [0.15, 0.2) is 0 Å². The number of carboxylic acids is 1. The molecule has 0 radical (unpaired) electrons. The van der Waals surface area contributed by atoms with E-state index in [4.69, 9.17) is 5.11 Å². The van der Waals surface area contributed by atoms with Gasteiger partial charge in [0.2, 0.25) is 5.91 Å². The van der Waals surface area contributed by atoms with Crippen LogP contribution in [0.5, 0.6) is 0 Å². The van der Waals surface area contributed by atoms with Crippen molar-refractivity contribution in [3.8, 4) is 0 Å². The number of amides is 1. The first-order chi connectivity index (χ1) is 9.16. The number of rotatable bonds is 9. The van der Waals surface area contributed by atoms with Crippen LogP contribution in [0, 0.1) is 0 Å². The summed E-state index contributed by atoms with van der Waals surface area (Å²) < 4.78 is 0. The van der Waals surface area contributed by atoms with Crippen molar-refractivity contribution >= 4 is 11.9 Å². The summed E-state index contributed by atoms with van der Waals surface area (Å²) in [6, 6.07) is 0.140. The van der Waals surface area contributed by atoms with Crippen LogP contribution >= 0.6 is 0 Å². The maximum absolute atomic E-state index is 12.0. The molecule has 0 spiro atoms. The molecule has 1 amide bonds. The predicted octanol–water partition coefficient (Wildman–Crippen LogP) is 2.26. The van der Waals surface area contributed by atoms with E-state index in [2.05, 4.69) is 12.2 Å². The molecule has 0 aromatic rings. The SMILES string of the molecule is CCCCCC(C)NC(=O)CN(CC(=O)O)C(C)(C)C. The predicted molar refractivity (Wildman–Crippen MR) is 80.7 cm³/mol. The summed E-state index contributed by atoms with van der Waals surface area (Å²) in [5.74, 6) is -1.02. The Labute approximate surface area is 122 Å². The van der Waals surface area contributed by atoms with E-state index < -0.39 is 5.97 Å². The molecule has 118 valence electrons. The smallest absolute Gasteiger partial charge is 0.317 e. The van der Waals surface area contributed by atoms with Crippen molar-refractivity contribution in [3.63, 3.8) is 0 Å². The van der Waals surface area contributed by atoms with Gasteiger partial charge in [-0.05, 0) is 34.1 Å². The van der Waals surface area contributed by atoms with E-state index in [1.807, 2.05) is 27.7 Å². The number of aliphatic carboxylic acids is 1. The average Bonchev–Trinajstić information content (AvgIpc) is 2.26. The summed E-state index contributed by atoms with van der Waals surface area (Å²) in [5, 5.41) is 11.9. The van der Waals surface area contributed by atoms with Crippen LogP contribution in [0.25, 0.3) is 0 Å². The number of nitrogens with one attached hydrogen (secondary N) is 1. The van der Waals surface area contributed by atoms with E-state index in [1.54, 1.807) is 4.90 Å². The summed E-state index contributed by atoms with van der Waals surface area (Å²) in [5.41, 5.74) is -0.346. The van der Waals surface area contributed by atoms with Gasteiger partial charge < -0.3 is 10.4 Å². The molecule has 0 bridgehead atoms. The van der Waals surface area contributed by atoms with Gasteiger partial charge in [-0.25, -0.2) is 0 Å². The lowest BCUT2D eigenvalue weighted by atomic mass is 10.1. The third-order valence-electron chi connectivity index (χ3n) is 3.26. The molecule has 5 heteroatoms. The van der Waals surface area contributed by atoms with Crippen molar-refractivity contribution < 1.29 is 14.7 Å². The lowest BCUT2D eigenvalue weighted by Gasteiger charge is -2.33. The second-order valence-electron chi connectivity index (χ2n) is 6.38. The molecule has 0 aliphatic heterocycles. The van der Waals surface area contributed by atoms with Crippen LogP contribution in [0.3, 0.4) is 0 Å². The van der Waals surface area contributed by atoms with Gasteiger partial charge in [0.15, 0.2) is 0 Å². The van der Waals surface area contributed by atoms with Gasteiger partial charge in [-0.15, -0.1) is 0 Å². The van der Waals surface area contributed by atoms with Crippen molar-refractivity contribution in [2.75, 3.05) is 13.1 Å². The Kier molecular flexibility index (Phi) is 8.46. The first-order valence-electron chi connectivity index (χ1n) is 7.43. The van der Waals surface area contributed by atoms with Crippen molar-refractivity contribution in [1.29, 1.82) is 0 Å². The van der Waals surface area contributed by atoms with Gasteiger partial charge >= 0.3 is 5.97 Å². The minimum absolute atomic E-state index is 0.106. The van der Waals surface area contributed by atoms with Crippen molar-refractivity contribution in [2.24, 2.45) is 0 Å². The van der Waals surface area contributed by atoms with Gasteiger partial charge in [0.25, 0.3) is 0 Å². The summed E-state index contributed by atoms with van der Waals surface area (Å²) >= 11 is 0. The number of carboxylic acid groups (broad SMARTS) is 1. The first kappa shape index (κ1) is 18.9. The first-order valence-corrected chi connectivity index (χ1v) is 7.43. The molecular weight excluding hydrogens is 256 g/mol. The molecule has 20 heavy (non-hydrogen) atoms. The molecule has 5 nitrogen and oxygen atoms in total. The standard InChI is InChI=1S/C15H30N2O3/c1-6-7-8-9-12(2)16-13(18)10-17(11-14(19)20)15(3,4)5/h12H,6-11H2,1-5H3,(H,16,18)(H,19,20). The highest BCUT2D eigenvalue weighted by Gasteiger charge is 2.25. The molecule has 0 saturated carbocycles. The van der Waals surface area contributed by atoms with Crippen molar-refractivity contribution in [1.82, 2.24) is 10.2 Å². The normalized spacial score (nSPS) is 13.3. The maximum Gasteiger partial charge on any atom is 0.317 e. The summed E-state index contributed by atoms with van der Waals surface area (Å²) in [6.45, 7) is 9.87. The molecule has 0 aliphatic rings. The van der Waals surface area contributed by atoms with Gasteiger partial charge in [-0.2, -0.15) is 0 Å². The Morgan fingerprint density at radius 3 is 2.25 bits per heavy atom. The highest BCUT2D eigenvalue weighted by Crippen LogP contribution is 2.12. The van der Waals surface area contributed by atoms with Crippen molar-refractivity contribution in [3.05, 3.63) is 0 Å². The fraction of sp³-hybridized carbons (Fsp3) is 0.867. The molecule has 0 aliphatic carbocycles. The molecule has 1 unspecified atom stereocenters. The minimum atomic E-state index is -0.913. The van der Waals surface area contributed by atoms with Crippen molar-refractivity contribution in [2.45, 2.75) is 71.9 Å². The number of carbonyl (C=O) groups excluding carboxylic acids is 1. The zero-order chi connectivity index (χ0) is 15.8. The number of unbranched alkanes of at least 4 members (excludes halogenated alkanes) is 2. The van der Waals surface area contributed by atoms with E-state index in [-0.39, 0.29) is 30.6 Å². The number of carbonyl (C=O) groups is 2. The quantitative estimate of drug-likeness (QED) is 0.638. The molecule has 0 aromatic heterocycles. The number of hydrogen-bond acceptors (Lipinski definition) is 3. The Morgan fingerprint density at radius 2 is 1.80 bits per heavy atom. The van der Waals surface area contributed by atoms with Gasteiger partial charge in [0.05, 0.1) is 13.1 Å². The van der Waals surface area contributed by atoms with Crippen LogP contribution in [0.2, 0.25) is 0 Å². The largest absolute Gasteiger partial charge is 0.480 e. The Balaban J connectivity index is 4.28. The maximum atomic E-state index is 12.0. The van der Waals surface area contributed by atoms with Crippen LogP contribution in [-0.4, -0.2) is 46.6 Å². The Bertz CT molecular complexity index is 311. The second-order valence-corrected chi connectivity index (χ2v) is 6.38.